The number of aryl methyl sites for hydroxylation is 1. The van der Waals surface area contributed by atoms with E-state index in [4.69, 9.17) is 5.26 Å². The van der Waals surface area contributed by atoms with Crippen molar-refractivity contribution in [2.24, 2.45) is 0 Å². The molecule has 0 atom stereocenters. The number of anilines is 2. The van der Waals surface area contributed by atoms with Crippen LogP contribution in [0.2, 0.25) is 0 Å². The molecule has 1 heterocycles. The molecule has 18 heavy (non-hydrogen) atoms. The molecule has 0 aliphatic heterocycles. The van der Waals surface area contributed by atoms with Crippen LogP contribution < -0.4 is 10.6 Å². The standard InChI is InChI=1S/C13H21N5/c1-9-15-10(17-12(2,3)4)7-11(16-9)18-13(5,6)8-14/h7H,1-6H3,(H2,15,16,17,18). The molecule has 0 amide bonds. The molecule has 98 valence electrons. The first kappa shape index (κ1) is 14.2. The van der Waals surface area contributed by atoms with Gasteiger partial charge in [0.2, 0.25) is 0 Å². The fourth-order valence-electron chi connectivity index (χ4n) is 1.43. The molecule has 0 saturated carbocycles. The van der Waals surface area contributed by atoms with Gasteiger partial charge >= 0.3 is 0 Å². The topological polar surface area (TPSA) is 73.6 Å². The maximum Gasteiger partial charge on any atom is 0.133 e. The molecular weight excluding hydrogens is 226 g/mol. The van der Waals surface area contributed by atoms with Gasteiger partial charge in [-0.1, -0.05) is 0 Å². The quantitative estimate of drug-likeness (QED) is 0.859. The molecular formula is C13H21N5. The van der Waals surface area contributed by atoms with Crippen LogP contribution in [-0.2, 0) is 0 Å². The van der Waals surface area contributed by atoms with Crippen molar-refractivity contribution in [2.45, 2.75) is 52.6 Å². The molecule has 0 saturated heterocycles. The maximum atomic E-state index is 9.01. The Kier molecular flexibility index (Phi) is 3.80. The van der Waals surface area contributed by atoms with Crippen molar-refractivity contribution in [3.05, 3.63) is 11.9 Å². The molecule has 0 aromatic carbocycles. The lowest BCUT2D eigenvalue weighted by atomic mass is 10.1. The van der Waals surface area contributed by atoms with E-state index >= 15 is 0 Å². The Morgan fingerprint density at radius 1 is 1.06 bits per heavy atom. The molecule has 5 nitrogen and oxygen atoms in total. The predicted molar refractivity (Wildman–Crippen MR) is 73.5 cm³/mol. The van der Waals surface area contributed by atoms with Crippen LogP contribution >= 0.6 is 0 Å². The Morgan fingerprint density at radius 3 is 2.00 bits per heavy atom. The zero-order valence-electron chi connectivity index (χ0n) is 11.9. The second kappa shape index (κ2) is 4.81. The van der Waals surface area contributed by atoms with E-state index in [1.165, 1.54) is 0 Å². The highest BCUT2D eigenvalue weighted by atomic mass is 15.1. The smallest absolute Gasteiger partial charge is 0.133 e. The summed E-state index contributed by atoms with van der Waals surface area (Å²) in [6.45, 7) is 11.6. The third-order valence-corrected chi connectivity index (χ3v) is 2.06. The first-order valence-corrected chi connectivity index (χ1v) is 5.95. The van der Waals surface area contributed by atoms with Crippen LogP contribution in [0, 0.1) is 18.3 Å². The van der Waals surface area contributed by atoms with Gasteiger partial charge in [0.1, 0.15) is 23.0 Å². The molecule has 0 spiro atoms. The van der Waals surface area contributed by atoms with Crippen LogP contribution in [-0.4, -0.2) is 21.0 Å². The lowest BCUT2D eigenvalue weighted by Crippen LogP contribution is -2.30. The van der Waals surface area contributed by atoms with Gasteiger partial charge in [-0.05, 0) is 41.5 Å². The van der Waals surface area contributed by atoms with Crippen LogP contribution in [0.4, 0.5) is 11.6 Å². The number of aromatic nitrogens is 2. The number of nitrogens with zero attached hydrogens (tertiary/aromatic N) is 3. The number of rotatable bonds is 3. The third kappa shape index (κ3) is 4.58. The van der Waals surface area contributed by atoms with E-state index in [1.54, 1.807) is 13.8 Å². The van der Waals surface area contributed by atoms with Crippen LogP contribution in [0.5, 0.6) is 0 Å². The molecule has 0 radical (unpaired) electrons. The summed E-state index contributed by atoms with van der Waals surface area (Å²) in [6, 6.07) is 4.00. The number of hydrogen-bond donors (Lipinski definition) is 2. The molecule has 0 fully saturated rings. The van der Waals surface area contributed by atoms with Crippen LogP contribution in [0.3, 0.4) is 0 Å². The van der Waals surface area contributed by atoms with Crippen molar-refractivity contribution >= 4 is 11.6 Å². The number of nitrogens with one attached hydrogen (secondary N) is 2. The summed E-state index contributed by atoms with van der Waals surface area (Å²) in [6.07, 6.45) is 0. The molecule has 1 aromatic rings. The van der Waals surface area contributed by atoms with Crippen molar-refractivity contribution < 1.29 is 0 Å². The zero-order valence-corrected chi connectivity index (χ0v) is 11.9. The van der Waals surface area contributed by atoms with Gasteiger partial charge in [-0.2, -0.15) is 5.26 Å². The average molecular weight is 247 g/mol. The van der Waals surface area contributed by atoms with Gasteiger partial charge in [-0.3, -0.25) is 0 Å². The highest BCUT2D eigenvalue weighted by molar-refractivity contribution is 5.50. The maximum absolute atomic E-state index is 9.01. The van der Waals surface area contributed by atoms with Crippen LogP contribution in [0.15, 0.2) is 6.07 Å². The second-order valence-electron chi connectivity index (χ2n) is 5.92. The molecule has 0 aliphatic rings. The molecule has 1 aromatic heterocycles. The predicted octanol–water partition coefficient (Wildman–Crippen LogP) is 2.71. The summed E-state index contributed by atoms with van der Waals surface area (Å²) >= 11 is 0. The number of hydrogen-bond acceptors (Lipinski definition) is 5. The summed E-state index contributed by atoms with van der Waals surface area (Å²) in [7, 11) is 0. The Labute approximate surface area is 109 Å². The lowest BCUT2D eigenvalue weighted by molar-refractivity contribution is 0.629. The minimum atomic E-state index is -0.653. The second-order valence-corrected chi connectivity index (χ2v) is 5.92. The van der Waals surface area contributed by atoms with Gasteiger partial charge < -0.3 is 10.6 Å². The van der Waals surface area contributed by atoms with E-state index in [2.05, 4.69) is 47.4 Å². The number of nitriles is 1. The average Bonchev–Trinajstić information content (AvgIpc) is 2.12. The Balaban J connectivity index is 2.99. The van der Waals surface area contributed by atoms with E-state index in [-0.39, 0.29) is 5.54 Å². The zero-order chi connectivity index (χ0) is 14.0. The van der Waals surface area contributed by atoms with Gasteiger partial charge in [-0.15, -0.1) is 0 Å². The summed E-state index contributed by atoms with van der Waals surface area (Å²) < 4.78 is 0. The Hall–Kier alpha value is -1.83. The monoisotopic (exact) mass is 247 g/mol. The fourth-order valence-corrected chi connectivity index (χ4v) is 1.43. The van der Waals surface area contributed by atoms with Gasteiger partial charge in [0.15, 0.2) is 0 Å². The summed E-state index contributed by atoms with van der Waals surface area (Å²) in [5.41, 5.74) is -0.720. The van der Waals surface area contributed by atoms with Gasteiger partial charge in [-0.25, -0.2) is 9.97 Å². The van der Waals surface area contributed by atoms with E-state index in [0.29, 0.717) is 11.6 Å². The van der Waals surface area contributed by atoms with Gasteiger partial charge in [0.05, 0.1) is 6.07 Å². The van der Waals surface area contributed by atoms with Crippen molar-refractivity contribution in [1.82, 2.24) is 9.97 Å². The Morgan fingerprint density at radius 2 is 1.56 bits per heavy atom. The highest BCUT2D eigenvalue weighted by Crippen LogP contribution is 2.18. The fraction of sp³-hybridized carbons (Fsp3) is 0.615. The van der Waals surface area contributed by atoms with Crippen molar-refractivity contribution in [2.75, 3.05) is 10.6 Å². The van der Waals surface area contributed by atoms with E-state index in [9.17, 15) is 0 Å². The first-order chi connectivity index (χ1) is 8.11. The first-order valence-electron chi connectivity index (χ1n) is 5.95. The van der Waals surface area contributed by atoms with E-state index in [0.717, 1.165) is 5.82 Å². The lowest BCUT2D eigenvalue weighted by Gasteiger charge is -2.23. The molecule has 0 unspecified atom stereocenters. The minimum Gasteiger partial charge on any atom is -0.365 e. The van der Waals surface area contributed by atoms with Crippen molar-refractivity contribution in [3.63, 3.8) is 0 Å². The summed E-state index contributed by atoms with van der Waals surface area (Å²) in [5.74, 6) is 2.08. The third-order valence-electron chi connectivity index (χ3n) is 2.06. The Bertz CT molecular complexity index is 465. The normalized spacial score (nSPS) is 11.8. The summed E-state index contributed by atoms with van der Waals surface area (Å²) in [4.78, 5) is 8.61. The molecule has 5 heteroatoms. The molecule has 2 N–H and O–H groups in total. The van der Waals surface area contributed by atoms with Crippen molar-refractivity contribution in [1.29, 1.82) is 5.26 Å². The van der Waals surface area contributed by atoms with Gasteiger partial charge in [0.25, 0.3) is 0 Å². The highest BCUT2D eigenvalue weighted by Gasteiger charge is 2.18. The molecule has 0 bridgehead atoms. The van der Waals surface area contributed by atoms with E-state index < -0.39 is 5.54 Å². The minimum absolute atomic E-state index is 0.0667. The van der Waals surface area contributed by atoms with Gasteiger partial charge in [0, 0.05) is 11.6 Å². The summed E-state index contributed by atoms with van der Waals surface area (Å²) in [5, 5.41) is 15.4. The molecule has 1 rings (SSSR count). The SMILES string of the molecule is Cc1nc(NC(C)(C)C)cc(NC(C)(C)C#N)n1. The van der Waals surface area contributed by atoms with Crippen LogP contribution in [0.25, 0.3) is 0 Å². The van der Waals surface area contributed by atoms with E-state index in [1.807, 2.05) is 13.0 Å². The van der Waals surface area contributed by atoms with Crippen molar-refractivity contribution in [3.8, 4) is 6.07 Å². The largest absolute Gasteiger partial charge is 0.365 e. The molecule has 0 aliphatic carbocycles. The van der Waals surface area contributed by atoms with Crippen LogP contribution in [0.1, 0.15) is 40.4 Å².